The van der Waals surface area contributed by atoms with E-state index in [1.807, 2.05) is 91.0 Å². The molecule has 6 N–H and O–H groups in total. The average Bonchev–Trinajstić information content (AvgIpc) is 3.46. The topological polar surface area (TPSA) is 129 Å². The lowest BCUT2D eigenvalue weighted by atomic mass is 9.90. The quantitative estimate of drug-likeness (QED) is 0.193. The van der Waals surface area contributed by atoms with E-state index in [9.17, 15) is 14.4 Å². The van der Waals surface area contributed by atoms with E-state index in [0.29, 0.717) is 25.8 Å². The van der Waals surface area contributed by atoms with Crippen LogP contribution in [0, 0.1) is 5.92 Å². The van der Waals surface area contributed by atoms with Crippen molar-refractivity contribution in [1.82, 2.24) is 26.2 Å². The van der Waals surface area contributed by atoms with Crippen LogP contribution in [0.3, 0.4) is 0 Å². The molecule has 0 radical (unpaired) electrons. The summed E-state index contributed by atoms with van der Waals surface area (Å²) < 4.78 is 0. The molecule has 2 fully saturated rings. The summed E-state index contributed by atoms with van der Waals surface area (Å²) in [5.74, 6) is -0.795. The zero-order valence-electron chi connectivity index (χ0n) is 26.2. The maximum absolute atomic E-state index is 14.5. The fourth-order valence-corrected chi connectivity index (χ4v) is 6.98. The highest BCUT2D eigenvalue weighted by atomic mass is 32.1. The number of likely N-dealkylation sites (N-methyl/N-ethyl adjacent to an activating group) is 1. The molecule has 3 amide bonds. The Labute approximate surface area is 276 Å². The van der Waals surface area contributed by atoms with Crippen molar-refractivity contribution in [2.75, 3.05) is 13.6 Å². The van der Waals surface area contributed by atoms with Gasteiger partial charge in [0.1, 0.15) is 12.1 Å². The summed E-state index contributed by atoms with van der Waals surface area (Å²) in [7, 11) is 1.75. The molecule has 0 unspecified atom stereocenters. The van der Waals surface area contributed by atoms with Gasteiger partial charge in [-0.2, -0.15) is 0 Å². The first kappa shape index (κ1) is 33.1. The number of benzene rings is 3. The van der Waals surface area contributed by atoms with Crippen molar-refractivity contribution in [3.63, 3.8) is 0 Å². The van der Waals surface area contributed by atoms with Gasteiger partial charge in [0.15, 0.2) is 5.11 Å². The van der Waals surface area contributed by atoms with Crippen LogP contribution in [0.2, 0.25) is 0 Å². The Bertz CT molecular complexity index is 1440. The van der Waals surface area contributed by atoms with Crippen molar-refractivity contribution >= 4 is 35.1 Å². The second kappa shape index (κ2) is 15.8. The summed E-state index contributed by atoms with van der Waals surface area (Å²) in [5, 5.41) is 12.7. The number of amides is 3. The summed E-state index contributed by atoms with van der Waals surface area (Å²) in [4.78, 5) is 44.1. The monoisotopic (exact) mass is 640 g/mol. The van der Waals surface area contributed by atoms with Crippen LogP contribution in [-0.2, 0) is 20.8 Å². The fraction of sp³-hybridized carbons (Fsp3) is 0.389. The molecule has 0 aromatic heterocycles. The number of nitrogens with two attached hydrogens (primary N) is 1. The molecule has 3 aromatic rings. The van der Waals surface area contributed by atoms with Crippen LogP contribution < -0.4 is 27.0 Å². The molecule has 242 valence electrons. The SMILES string of the molecule is CN[C@H](Cc1ccccc1)C(=O)N[C@@H]1C(=O)N2[C@@H](CC[C@@H]1CCNC(N)=S)CC[C@H]2C(=O)NC(c1ccccc1)c1ccccc1. The summed E-state index contributed by atoms with van der Waals surface area (Å²) in [6.07, 6.45) is 3.86. The van der Waals surface area contributed by atoms with E-state index < -0.39 is 18.1 Å². The summed E-state index contributed by atoms with van der Waals surface area (Å²) in [6.45, 7) is 0.490. The molecule has 2 aliphatic rings. The minimum absolute atomic E-state index is 0.0764. The Morgan fingerprint density at radius 1 is 0.891 bits per heavy atom. The van der Waals surface area contributed by atoms with E-state index in [2.05, 4.69) is 21.3 Å². The Morgan fingerprint density at radius 2 is 1.48 bits per heavy atom. The predicted molar refractivity (Wildman–Crippen MR) is 184 cm³/mol. The van der Waals surface area contributed by atoms with Gasteiger partial charge in [0.2, 0.25) is 17.7 Å². The standard InChI is InChI=1S/C36H44N6O3S/c1-38-29(23-24-11-5-2-6-12-24)33(43)41-32-27(21-22-39-36(37)46)17-18-28-19-20-30(42(28)35(32)45)34(44)40-31(25-13-7-3-8-14-25)26-15-9-4-10-16-26/h2-16,27-32,38H,17-23H2,1H3,(H,40,44)(H,41,43)(H3,37,39,46)/t27-,28+,29-,30+,32+/m1/s1. The van der Waals surface area contributed by atoms with E-state index in [1.165, 1.54) is 0 Å². The lowest BCUT2D eigenvalue weighted by Gasteiger charge is -2.33. The summed E-state index contributed by atoms with van der Waals surface area (Å²) >= 11 is 5.01. The number of hydrogen-bond donors (Lipinski definition) is 5. The molecule has 5 atom stereocenters. The summed E-state index contributed by atoms with van der Waals surface area (Å²) in [5.41, 5.74) is 8.63. The van der Waals surface area contributed by atoms with Gasteiger partial charge in [-0.05, 0) is 80.4 Å². The van der Waals surface area contributed by atoms with Crippen molar-refractivity contribution in [2.24, 2.45) is 11.7 Å². The normalized spacial score (nSPS) is 21.6. The lowest BCUT2D eigenvalue weighted by Crippen LogP contribution is -2.58. The van der Waals surface area contributed by atoms with Gasteiger partial charge in [0, 0.05) is 12.6 Å². The predicted octanol–water partition coefficient (Wildman–Crippen LogP) is 3.20. The molecule has 2 saturated heterocycles. The third-order valence-electron chi connectivity index (χ3n) is 9.28. The number of carbonyl (C=O) groups excluding carboxylic acids is 3. The van der Waals surface area contributed by atoms with Gasteiger partial charge in [-0.15, -0.1) is 0 Å². The van der Waals surface area contributed by atoms with Crippen molar-refractivity contribution in [3.8, 4) is 0 Å². The Balaban J connectivity index is 1.38. The smallest absolute Gasteiger partial charge is 0.246 e. The largest absolute Gasteiger partial charge is 0.376 e. The lowest BCUT2D eigenvalue weighted by molar-refractivity contribution is -0.143. The Hall–Kier alpha value is -4.28. The van der Waals surface area contributed by atoms with Crippen LogP contribution in [0.1, 0.15) is 54.8 Å². The molecule has 0 saturated carbocycles. The molecule has 2 aliphatic heterocycles. The molecule has 9 nitrogen and oxygen atoms in total. The maximum Gasteiger partial charge on any atom is 0.246 e. The van der Waals surface area contributed by atoms with E-state index in [0.717, 1.165) is 36.0 Å². The second-order valence-electron chi connectivity index (χ2n) is 12.2. The molecule has 0 bridgehead atoms. The number of thiocarbonyl (C=S) groups is 1. The molecule has 10 heteroatoms. The van der Waals surface area contributed by atoms with Gasteiger partial charge >= 0.3 is 0 Å². The van der Waals surface area contributed by atoms with Crippen molar-refractivity contribution in [3.05, 3.63) is 108 Å². The highest BCUT2D eigenvalue weighted by Gasteiger charge is 2.48. The van der Waals surface area contributed by atoms with Gasteiger partial charge in [0.05, 0.1) is 12.1 Å². The number of fused-ring (bicyclic) bond motifs is 1. The fourth-order valence-electron chi connectivity index (χ4n) is 6.88. The van der Waals surface area contributed by atoms with E-state index in [-0.39, 0.29) is 40.8 Å². The molecule has 0 aliphatic carbocycles. The molecule has 2 heterocycles. The van der Waals surface area contributed by atoms with Gasteiger partial charge < -0.3 is 31.9 Å². The highest BCUT2D eigenvalue weighted by molar-refractivity contribution is 7.80. The molecular formula is C36H44N6O3S. The highest BCUT2D eigenvalue weighted by Crippen LogP contribution is 2.35. The third-order valence-corrected chi connectivity index (χ3v) is 9.42. The minimum Gasteiger partial charge on any atom is -0.376 e. The first-order valence-corrected chi connectivity index (χ1v) is 16.5. The van der Waals surface area contributed by atoms with Crippen LogP contribution in [0.25, 0.3) is 0 Å². The van der Waals surface area contributed by atoms with Gasteiger partial charge in [-0.1, -0.05) is 91.0 Å². The Morgan fingerprint density at radius 3 is 2.07 bits per heavy atom. The minimum atomic E-state index is -0.787. The number of rotatable bonds is 12. The van der Waals surface area contributed by atoms with Crippen LogP contribution in [0.4, 0.5) is 0 Å². The molecular weight excluding hydrogens is 597 g/mol. The van der Waals surface area contributed by atoms with E-state index in [4.69, 9.17) is 18.0 Å². The van der Waals surface area contributed by atoms with Gasteiger partial charge in [-0.25, -0.2) is 0 Å². The summed E-state index contributed by atoms with van der Waals surface area (Å²) in [6, 6.07) is 27.1. The van der Waals surface area contributed by atoms with Gasteiger partial charge in [0.25, 0.3) is 0 Å². The number of nitrogens with one attached hydrogen (secondary N) is 4. The first-order chi connectivity index (χ1) is 22.4. The molecule has 46 heavy (non-hydrogen) atoms. The zero-order valence-corrected chi connectivity index (χ0v) is 27.0. The zero-order chi connectivity index (χ0) is 32.5. The third kappa shape index (κ3) is 8.10. The van der Waals surface area contributed by atoms with Crippen molar-refractivity contribution in [1.29, 1.82) is 0 Å². The number of nitrogens with zero attached hydrogens (tertiary/aromatic N) is 1. The molecule has 3 aromatic carbocycles. The Kier molecular flexibility index (Phi) is 11.4. The maximum atomic E-state index is 14.5. The van der Waals surface area contributed by atoms with E-state index in [1.54, 1.807) is 11.9 Å². The van der Waals surface area contributed by atoms with Crippen molar-refractivity contribution < 1.29 is 14.4 Å². The van der Waals surface area contributed by atoms with Crippen LogP contribution in [0.15, 0.2) is 91.0 Å². The van der Waals surface area contributed by atoms with Crippen molar-refractivity contribution in [2.45, 2.75) is 68.7 Å². The van der Waals surface area contributed by atoms with Crippen LogP contribution >= 0.6 is 12.2 Å². The van der Waals surface area contributed by atoms with E-state index >= 15 is 0 Å². The van der Waals surface area contributed by atoms with Crippen LogP contribution in [0.5, 0.6) is 0 Å². The molecule has 0 spiro atoms. The number of hydrogen-bond acceptors (Lipinski definition) is 5. The molecule has 5 rings (SSSR count). The number of carbonyl (C=O) groups is 3. The second-order valence-corrected chi connectivity index (χ2v) is 12.6. The van der Waals surface area contributed by atoms with Crippen LogP contribution in [-0.4, -0.2) is 65.5 Å². The first-order valence-electron chi connectivity index (χ1n) is 16.1. The average molecular weight is 641 g/mol. The van der Waals surface area contributed by atoms with Gasteiger partial charge in [-0.3, -0.25) is 14.4 Å².